The summed E-state index contributed by atoms with van der Waals surface area (Å²) in [5.41, 5.74) is 2.88. The minimum Gasteiger partial charge on any atom is -0.369 e. The minimum atomic E-state index is -4.44. The lowest BCUT2D eigenvalue weighted by atomic mass is 10.2. The number of alkyl halides is 3. The molecule has 1 saturated heterocycles. The number of nitrogens with one attached hydrogen (secondary N) is 1. The summed E-state index contributed by atoms with van der Waals surface area (Å²) in [6, 6.07) is 13.5. The molecule has 1 aromatic heterocycles. The molecule has 0 atom stereocenters. The normalized spacial score (nSPS) is 14.8. The second kappa shape index (κ2) is 10.5. The number of aromatic nitrogens is 2. The van der Waals surface area contributed by atoms with Crippen molar-refractivity contribution in [3.63, 3.8) is 0 Å². The largest absolute Gasteiger partial charge is 0.416 e. The van der Waals surface area contributed by atoms with Gasteiger partial charge in [0, 0.05) is 38.4 Å². The zero-order valence-electron chi connectivity index (χ0n) is 20.0. The number of anilines is 1. The third-order valence-corrected chi connectivity index (χ3v) is 6.35. The van der Waals surface area contributed by atoms with Crippen LogP contribution in [0.25, 0.3) is 5.69 Å². The molecule has 3 aromatic rings. The van der Waals surface area contributed by atoms with Gasteiger partial charge in [0.1, 0.15) is 0 Å². The highest BCUT2D eigenvalue weighted by molar-refractivity contribution is 5.95. The van der Waals surface area contributed by atoms with Crippen LogP contribution < -0.4 is 10.2 Å². The summed E-state index contributed by atoms with van der Waals surface area (Å²) in [5, 5.41) is 7.06. The number of hydrogen-bond donors (Lipinski definition) is 1. The van der Waals surface area contributed by atoms with Crippen molar-refractivity contribution in [3.05, 3.63) is 77.1 Å². The third kappa shape index (κ3) is 6.03. The first-order chi connectivity index (χ1) is 16.7. The zero-order valence-corrected chi connectivity index (χ0v) is 20.0. The Balaban J connectivity index is 1.25. The first kappa shape index (κ1) is 24.8. The highest BCUT2D eigenvalue weighted by Crippen LogP contribution is 2.30. The molecule has 0 saturated carbocycles. The van der Waals surface area contributed by atoms with E-state index in [2.05, 4.69) is 51.4 Å². The molecular formula is C26H30F3N5O. The molecule has 0 unspecified atom stereocenters. The predicted octanol–water partition coefficient (Wildman–Crippen LogP) is 4.45. The van der Waals surface area contributed by atoms with E-state index in [4.69, 9.17) is 0 Å². The third-order valence-electron chi connectivity index (χ3n) is 6.35. The maximum absolute atomic E-state index is 13.0. The van der Waals surface area contributed by atoms with Crippen molar-refractivity contribution in [1.29, 1.82) is 0 Å². The lowest BCUT2D eigenvalue weighted by Crippen LogP contribution is -2.47. The number of benzene rings is 2. The molecule has 35 heavy (non-hydrogen) atoms. The second-order valence-electron chi connectivity index (χ2n) is 8.88. The molecule has 186 valence electrons. The van der Waals surface area contributed by atoms with Gasteiger partial charge < -0.3 is 10.2 Å². The number of aryl methyl sites for hydroxylation is 1. The summed E-state index contributed by atoms with van der Waals surface area (Å²) in [4.78, 5) is 17.4. The lowest BCUT2D eigenvalue weighted by molar-refractivity contribution is -0.137. The summed E-state index contributed by atoms with van der Waals surface area (Å²) < 4.78 is 40.5. The molecular weight excluding hydrogens is 455 g/mol. The Hall–Kier alpha value is -3.33. The van der Waals surface area contributed by atoms with Gasteiger partial charge >= 0.3 is 6.18 Å². The summed E-state index contributed by atoms with van der Waals surface area (Å²) in [7, 11) is 0. The van der Waals surface area contributed by atoms with E-state index < -0.39 is 11.7 Å². The maximum Gasteiger partial charge on any atom is 0.416 e. The number of nitrogens with zero attached hydrogens (tertiary/aromatic N) is 4. The maximum atomic E-state index is 13.0. The van der Waals surface area contributed by atoms with Gasteiger partial charge in [0.15, 0.2) is 0 Å². The molecule has 9 heteroatoms. The molecule has 0 spiro atoms. The van der Waals surface area contributed by atoms with Gasteiger partial charge in [-0.15, -0.1) is 0 Å². The van der Waals surface area contributed by atoms with Crippen LogP contribution >= 0.6 is 0 Å². The molecule has 1 N–H and O–H groups in total. The van der Waals surface area contributed by atoms with Gasteiger partial charge in [0.2, 0.25) is 0 Å². The summed E-state index contributed by atoms with van der Waals surface area (Å²) >= 11 is 0. The SMILES string of the molecule is Cc1cccc(N2CCN(CCCNC(=O)c3cnn(-c4cccc(C(F)(F)F)c4)c3C)CC2)c1. The Labute approximate surface area is 203 Å². The van der Waals surface area contributed by atoms with Crippen molar-refractivity contribution in [2.45, 2.75) is 26.4 Å². The lowest BCUT2D eigenvalue weighted by Gasteiger charge is -2.36. The van der Waals surface area contributed by atoms with E-state index in [-0.39, 0.29) is 11.6 Å². The van der Waals surface area contributed by atoms with E-state index in [1.165, 1.54) is 34.3 Å². The van der Waals surface area contributed by atoms with Crippen molar-refractivity contribution in [2.24, 2.45) is 0 Å². The van der Waals surface area contributed by atoms with Gasteiger partial charge in [-0.3, -0.25) is 9.69 Å². The zero-order chi connectivity index (χ0) is 25.0. The van der Waals surface area contributed by atoms with Gasteiger partial charge in [0.05, 0.1) is 28.7 Å². The Morgan fingerprint density at radius 3 is 2.43 bits per heavy atom. The van der Waals surface area contributed by atoms with Crippen molar-refractivity contribution in [1.82, 2.24) is 20.0 Å². The average Bonchev–Trinajstić information content (AvgIpc) is 3.23. The van der Waals surface area contributed by atoms with E-state index in [0.29, 0.717) is 17.8 Å². The first-order valence-corrected chi connectivity index (χ1v) is 11.8. The average molecular weight is 486 g/mol. The Morgan fingerprint density at radius 2 is 1.71 bits per heavy atom. The number of carbonyl (C=O) groups is 1. The van der Waals surface area contributed by atoms with Crippen LogP contribution in [-0.2, 0) is 6.18 Å². The monoisotopic (exact) mass is 485 g/mol. The molecule has 1 aliphatic heterocycles. The Morgan fingerprint density at radius 1 is 1.00 bits per heavy atom. The first-order valence-electron chi connectivity index (χ1n) is 11.8. The van der Waals surface area contributed by atoms with Gasteiger partial charge in [-0.05, 0) is 62.7 Å². The smallest absolute Gasteiger partial charge is 0.369 e. The number of hydrogen-bond acceptors (Lipinski definition) is 4. The number of rotatable bonds is 7. The van der Waals surface area contributed by atoms with Crippen molar-refractivity contribution in [3.8, 4) is 5.69 Å². The van der Waals surface area contributed by atoms with Crippen LogP contribution in [0.1, 0.15) is 33.6 Å². The van der Waals surface area contributed by atoms with Gasteiger partial charge in [0.25, 0.3) is 5.91 Å². The molecule has 1 amide bonds. The number of piperazine rings is 1. The minimum absolute atomic E-state index is 0.265. The fourth-order valence-corrected chi connectivity index (χ4v) is 4.36. The summed E-state index contributed by atoms with van der Waals surface area (Å²) in [5.74, 6) is -0.273. The number of carbonyl (C=O) groups excluding carboxylic acids is 1. The fraction of sp³-hybridized carbons (Fsp3) is 0.385. The molecule has 2 aromatic carbocycles. The molecule has 0 aliphatic carbocycles. The van der Waals surface area contributed by atoms with Crippen molar-refractivity contribution < 1.29 is 18.0 Å². The highest BCUT2D eigenvalue weighted by atomic mass is 19.4. The summed E-state index contributed by atoms with van der Waals surface area (Å²) in [6.07, 6.45) is -2.23. The molecule has 6 nitrogen and oxygen atoms in total. The number of halogens is 3. The van der Waals surface area contributed by atoms with Gasteiger partial charge in [-0.2, -0.15) is 18.3 Å². The Bertz CT molecular complexity index is 1170. The van der Waals surface area contributed by atoms with Crippen molar-refractivity contribution in [2.75, 3.05) is 44.2 Å². The topological polar surface area (TPSA) is 53.4 Å². The molecule has 1 aliphatic rings. The van der Waals surface area contributed by atoms with Crippen LogP contribution in [0.5, 0.6) is 0 Å². The van der Waals surface area contributed by atoms with E-state index in [9.17, 15) is 18.0 Å². The molecule has 2 heterocycles. The van der Waals surface area contributed by atoms with Crippen LogP contribution in [0.2, 0.25) is 0 Å². The molecule has 0 radical (unpaired) electrons. The van der Waals surface area contributed by atoms with E-state index in [1.54, 1.807) is 6.92 Å². The molecule has 1 fully saturated rings. The number of amides is 1. The highest BCUT2D eigenvalue weighted by Gasteiger charge is 2.30. The fourth-order valence-electron chi connectivity index (χ4n) is 4.36. The Kier molecular flexibility index (Phi) is 7.45. The molecule has 4 rings (SSSR count). The van der Waals surface area contributed by atoms with Crippen LogP contribution in [0.3, 0.4) is 0 Å². The predicted molar refractivity (Wildman–Crippen MR) is 130 cm³/mol. The van der Waals surface area contributed by atoms with E-state index >= 15 is 0 Å². The van der Waals surface area contributed by atoms with E-state index in [0.717, 1.165) is 51.3 Å². The van der Waals surface area contributed by atoms with Crippen molar-refractivity contribution >= 4 is 11.6 Å². The second-order valence-corrected chi connectivity index (χ2v) is 8.88. The van der Waals surface area contributed by atoms with Crippen LogP contribution in [0, 0.1) is 13.8 Å². The quantitative estimate of drug-likeness (QED) is 0.503. The van der Waals surface area contributed by atoms with Gasteiger partial charge in [-0.25, -0.2) is 4.68 Å². The standard InChI is InChI=1S/C26H30F3N5O/c1-19-6-3-8-22(16-19)33-14-12-32(13-15-33)11-5-10-30-25(35)24-18-31-34(20(24)2)23-9-4-7-21(17-23)26(27,28)29/h3-4,6-9,16-18H,5,10-15H2,1-2H3,(H,30,35). The van der Waals surface area contributed by atoms with Crippen LogP contribution in [0.4, 0.5) is 18.9 Å². The van der Waals surface area contributed by atoms with Crippen LogP contribution in [-0.4, -0.2) is 59.9 Å². The van der Waals surface area contributed by atoms with E-state index in [1.807, 2.05) is 0 Å². The van der Waals surface area contributed by atoms with Crippen LogP contribution in [0.15, 0.2) is 54.7 Å². The van der Waals surface area contributed by atoms with Gasteiger partial charge in [-0.1, -0.05) is 18.2 Å². The summed E-state index contributed by atoms with van der Waals surface area (Å²) in [6.45, 7) is 9.10. The molecule has 0 bridgehead atoms.